The van der Waals surface area contributed by atoms with E-state index in [1.54, 1.807) is 0 Å². The molecule has 3 rings (SSSR count). The SMILES string of the molecule is CCCN(CCC)Cc1sc(=O)[nH]c1-c1ccc2c(c1)OCO2. The minimum Gasteiger partial charge on any atom is -0.454 e. The van der Waals surface area contributed by atoms with Crippen LogP contribution in [0.3, 0.4) is 0 Å². The molecule has 1 aromatic heterocycles. The van der Waals surface area contributed by atoms with Gasteiger partial charge in [-0.05, 0) is 44.1 Å². The van der Waals surface area contributed by atoms with Crippen LogP contribution >= 0.6 is 11.3 Å². The molecule has 0 radical (unpaired) electrons. The molecule has 0 amide bonds. The van der Waals surface area contributed by atoms with Crippen molar-refractivity contribution in [2.45, 2.75) is 33.2 Å². The fourth-order valence-electron chi connectivity index (χ4n) is 2.86. The van der Waals surface area contributed by atoms with Crippen molar-refractivity contribution in [3.8, 4) is 22.8 Å². The first kappa shape index (κ1) is 16.1. The quantitative estimate of drug-likeness (QED) is 0.842. The Morgan fingerprint density at radius 1 is 1.17 bits per heavy atom. The molecule has 23 heavy (non-hydrogen) atoms. The smallest absolute Gasteiger partial charge is 0.305 e. The number of aromatic amines is 1. The first-order valence-corrected chi connectivity index (χ1v) is 8.87. The van der Waals surface area contributed by atoms with Crippen LogP contribution in [0.5, 0.6) is 11.5 Å². The Balaban J connectivity index is 1.89. The van der Waals surface area contributed by atoms with Crippen molar-refractivity contribution in [2.75, 3.05) is 19.9 Å². The molecule has 1 aromatic carbocycles. The Bertz CT molecular complexity index is 717. The molecule has 0 saturated carbocycles. The second-order valence-corrected chi connectivity index (χ2v) is 6.72. The van der Waals surface area contributed by atoms with Gasteiger partial charge in [0.1, 0.15) is 0 Å². The minimum atomic E-state index is -0.0133. The summed E-state index contributed by atoms with van der Waals surface area (Å²) >= 11 is 1.30. The van der Waals surface area contributed by atoms with Crippen molar-refractivity contribution in [1.82, 2.24) is 9.88 Å². The van der Waals surface area contributed by atoms with Gasteiger partial charge in [-0.1, -0.05) is 25.2 Å². The van der Waals surface area contributed by atoms with Gasteiger partial charge in [-0.15, -0.1) is 0 Å². The van der Waals surface area contributed by atoms with Crippen LogP contribution in [0.15, 0.2) is 23.0 Å². The number of rotatable bonds is 7. The Morgan fingerprint density at radius 3 is 2.65 bits per heavy atom. The summed E-state index contributed by atoms with van der Waals surface area (Å²) in [6.07, 6.45) is 2.22. The van der Waals surface area contributed by atoms with E-state index in [1.165, 1.54) is 11.3 Å². The van der Waals surface area contributed by atoms with Crippen LogP contribution in [0.25, 0.3) is 11.3 Å². The Morgan fingerprint density at radius 2 is 1.91 bits per heavy atom. The zero-order valence-corrected chi connectivity index (χ0v) is 14.4. The highest BCUT2D eigenvalue weighted by Crippen LogP contribution is 2.36. The van der Waals surface area contributed by atoms with Crippen molar-refractivity contribution in [3.63, 3.8) is 0 Å². The summed E-state index contributed by atoms with van der Waals surface area (Å²) in [5, 5.41) is 0. The van der Waals surface area contributed by atoms with Crippen LogP contribution in [-0.4, -0.2) is 29.8 Å². The van der Waals surface area contributed by atoms with E-state index in [9.17, 15) is 4.79 Å². The van der Waals surface area contributed by atoms with Gasteiger partial charge in [-0.25, -0.2) is 0 Å². The average molecular weight is 334 g/mol. The molecule has 6 heteroatoms. The molecule has 0 atom stereocenters. The molecule has 5 nitrogen and oxygen atoms in total. The van der Waals surface area contributed by atoms with Crippen molar-refractivity contribution < 1.29 is 9.47 Å². The lowest BCUT2D eigenvalue weighted by atomic mass is 10.1. The number of H-pyrrole nitrogens is 1. The molecule has 124 valence electrons. The normalized spacial score (nSPS) is 13.0. The molecule has 2 heterocycles. The fraction of sp³-hybridized carbons (Fsp3) is 0.471. The lowest BCUT2D eigenvalue weighted by Gasteiger charge is -2.20. The summed E-state index contributed by atoms with van der Waals surface area (Å²) in [5.41, 5.74) is 1.87. The number of nitrogens with one attached hydrogen (secondary N) is 1. The van der Waals surface area contributed by atoms with Crippen LogP contribution < -0.4 is 14.3 Å². The van der Waals surface area contributed by atoms with Crippen molar-refractivity contribution in [2.24, 2.45) is 0 Å². The maximum absolute atomic E-state index is 11.9. The summed E-state index contributed by atoms with van der Waals surface area (Å²) in [4.78, 5) is 18.4. The van der Waals surface area contributed by atoms with Crippen LogP contribution in [-0.2, 0) is 6.54 Å². The summed E-state index contributed by atoms with van der Waals surface area (Å²) in [6, 6.07) is 5.81. The second kappa shape index (κ2) is 7.19. The van der Waals surface area contributed by atoms with E-state index < -0.39 is 0 Å². The topological polar surface area (TPSA) is 54.6 Å². The summed E-state index contributed by atoms with van der Waals surface area (Å²) in [6.45, 7) is 7.50. The molecule has 2 aromatic rings. The first-order chi connectivity index (χ1) is 11.2. The van der Waals surface area contributed by atoms with Crippen LogP contribution in [0, 0.1) is 0 Å². The molecule has 0 aliphatic carbocycles. The number of thiazole rings is 1. The van der Waals surface area contributed by atoms with Gasteiger partial charge < -0.3 is 14.5 Å². The van der Waals surface area contributed by atoms with Crippen molar-refractivity contribution in [1.29, 1.82) is 0 Å². The number of fused-ring (bicyclic) bond motifs is 1. The highest BCUT2D eigenvalue weighted by Gasteiger charge is 2.18. The predicted octanol–water partition coefficient (Wildman–Crippen LogP) is 3.45. The van der Waals surface area contributed by atoms with Gasteiger partial charge in [0.25, 0.3) is 0 Å². The summed E-state index contributed by atoms with van der Waals surface area (Å²) in [5.74, 6) is 1.49. The molecule has 0 fully saturated rings. The van der Waals surface area contributed by atoms with Crippen molar-refractivity contribution >= 4 is 11.3 Å². The van der Waals surface area contributed by atoms with Crippen LogP contribution in [0.4, 0.5) is 0 Å². The second-order valence-electron chi connectivity index (χ2n) is 5.66. The fourth-order valence-corrected chi connectivity index (χ4v) is 3.76. The van der Waals surface area contributed by atoms with Gasteiger partial charge in [0.15, 0.2) is 11.5 Å². The molecular formula is C17H22N2O3S. The average Bonchev–Trinajstić information content (AvgIpc) is 3.13. The number of benzene rings is 1. The van der Waals surface area contributed by atoms with Gasteiger partial charge in [0, 0.05) is 17.0 Å². The monoisotopic (exact) mass is 334 g/mol. The third-order valence-electron chi connectivity index (χ3n) is 3.83. The predicted molar refractivity (Wildman–Crippen MR) is 92.4 cm³/mol. The standard InChI is InChI=1S/C17H22N2O3S/c1-3-7-19(8-4-2)10-15-16(18-17(20)23-15)12-5-6-13-14(9-12)22-11-21-13/h5-6,9H,3-4,7-8,10-11H2,1-2H3,(H,18,20). The molecule has 0 spiro atoms. The van der Waals surface area contributed by atoms with Crippen LogP contribution in [0.1, 0.15) is 31.6 Å². The first-order valence-electron chi connectivity index (χ1n) is 8.05. The van der Waals surface area contributed by atoms with E-state index in [0.717, 1.165) is 60.1 Å². The van der Waals surface area contributed by atoms with Gasteiger partial charge in [0.05, 0.1) is 5.69 Å². The zero-order valence-electron chi connectivity index (χ0n) is 13.6. The third kappa shape index (κ3) is 3.59. The van der Waals surface area contributed by atoms with E-state index in [-0.39, 0.29) is 11.7 Å². The Kier molecular flexibility index (Phi) is 5.03. The molecule has 1 aliphatic heterocycles. The lowest BCUT2D eigenvalue weighted by molar-refractivity contribution is 0.174. The van der Waals surface area contributed by atoms with E-state index in [2.05, 4.69) is 23.7 Å². The van der Waals surface area contributed by atoms with E-state index in [0.29, 0.717) is 0 Å². The molecule has 0 saturated heterocycles. The highest BCUT2D eigenvalue weighted by molar-refractivity contribution is 7.09. The van der Waals surface area contributed by atoms with Gasteiger partial charge in [-0.3, -0.25) is 9.69 Å². The lowest BCUT2D eigenvalue weighted by Crippen LogP contribution is -2.24. The van der Waals surface area contributed by atoms with E-state index in [4.69, 9.17) is 9.47 Å². The van der Waals surface area contributed by atoms with Crippen LogP contribution in [0.2, 0.25) is 0 Å². The summed E-state index contributed by atoms with van der Waals surface area (Å²) in [7, 11) is 0. The number of hydrogen-bond acceptors (Lipinski definition) is 5. The number of nitrogens with zero attached hydrogens (tertiary/aromatic N) is 1. The molecule has 0 bridgehead atoms. The Labute approximate surface area is 139 Å². The summed E-state index contributed by atoms with van der Waals surface area (Å²) < 4.78 is 10.8. The van der Waals surface area contributed by atoms with Gasteiger partial charge >= 0.3 is 4.87 Å². The zero-order chi connectivity index (χ0) is 16.2. The third-order valence-corrected chi connectivity index (χ3v) is 4.70. The van der Waals surface area contributed by atoms with E-state index in [1.807, 2.05) is 18.2 Å². The largest absolute Gasteiger partial charge is 0.454 e. The molecular weight excluding hydrogens is 312 g/mol. The molecule has 1 aliphatic rings. The number of hydrogen-bond donors (Lipinski definition) is 1. The van der Waals surface area contributed by atoms with Crippen molar-refractivity contribution in [3.05, 3.63) is 32.7 Å². The highest BCUT2D eigenvalue weighted by atomic mass is 32.1. The number of aromatic nitrogens is 1. The minimum absolute atomic E-state index is 0.0133. The number of ether oxygens (including phenoxy) is 2. The Hall–Kier alpha value is -1.79. The molecule has 1 N–H and O–H groups in total. The van der Waals surface area contributed by atoms with Gasteiger partial charge in [-0.2, -0.15) is 0 Å². The maximum atomic E-state index is 11.9. The maximum Gasteiger partial charge on any atom is 0.305 e. The molecule has 0 unspecified atom stereocenters. The van der Waals surface area contributed by atoms with E-state index >= 15 is 0 Å². The van der Waals surface area contributed by atoms with Gasteiger partial charge in [0.2, 0.25) is 6.79 Å².